The molecule has 0 fully saturated rings. The largest absolute Gasteiger partial charge is 0.494 e. The number of carboxylic acids is 1. The first kappa shape index (κ1) is 21.8. The highest BCUT2D eigenvalue weighted by molar-refractivity contribution is 6.30. The van der Waals surface area contributed by atoms with E-state index in [1.54, 1.807) is 35.8 Å². The van der Waals surface area contributed by atoms with Gasteiger partial charge in [0.1, 0.15) is 17.1 Å². The summed E-state index contributed by atoms with van der Waals surface area (Å²) in [7, 11) is 0. The van der Waals surface area contributed by atoms with Crippen LogP contribution in [0.1, 0.15) is 34.8 Å². The van der Waals surface area contributed by atoms with Crippen LogP contribution in [-0.2, 0) is 13.0 Å². The smallest absolute Gasteiger partial charge is 0.341 e. The first-order valence-electron chi connectivity index (χ1n) is 9.47. The Morgan fingerprint density at radius 2 is 2.03 bits per heavy atom. The third-order valence-electron chi connectivity index (χ3n) is 4.76. The van der Waals surface area contributed by atoms with Crippen LogP contribution >= 0.6 is 11.6 Å². The molecular weight excluding hydrogens is 413 g/mol. The lowest BCUT2D eigenvalue weighted by atomic mass is 10.00. The molecule has 2 aromatic carbocycles. The highest BCUT2D eigenvalue weighted by atomic mass is 35.5. The molecule has 0 amide bonds. The predicted molar refractivity (Wildman–Crippen MR) is 112 cm³/mol. The van der Waals surface area contributed by atoms with Gasteiger partial charge in [0.2, 0.25) is 5.43 Å². The molecular formula is C22H21ClFNO5. The Morgan fingerprint density at radius 3 is 2.70 bits per heavy atom. The van der Waals surface area contributed by atoms with E-state index in [0.29, 0.717) is 42.0 Å². The van der Waals surface area contributed by atoms with E-state index in [9.17, 15) is 19.1 Å². The highest BCUT2D eigenvalue weighted by Crippen LogP contribution is 2.29. The molecule has 0 saturated heterocycles. The average molecular weight is 434 g/mol. The topological polar surface area (TPSA) is 88.8 Å². The lowest BCUT2D eigenvalue weighted by Gasteiger charge is -2.17. The standard InChI is InChI=1S/C22H21ClFNO5/c1-2-30-19-11-18-15(10-14(19)9-13-5-3-6-17(23)20(13)24)21(27)16(22(28)29)12-25(18)7-4-8-26/h3,5-6,10-12,26H,2,4,7-9H2,1H3,(H,28,29). The number of carboxylic acid groups (broad SMARTS) is 1. The molecule has 0 aliphatic rings. The van der Waals surface area contributed by atoms with Crippen molar-refractivity contribution in [2.75, 3.05) is 13.2 Å². The third-order valence-corrected chi connectivity index (χ3v) is 5.05. The number of ether oxygens (including phenoxy) is 1. The molecule has 0 bridgehead atoms. The fourth-order valence-corrected chi connectivity index (χ4v) is 3.55. The average Bonchev–Trinajstić information content (AvgIpc) is 2.71. The summed E-state index contributed by atoms with van der Waals surface area (Å²) in [6.07, 6.45) is 1.77. The summed E-state index contributed by atoms with van der Waals surface area (Å²) in [5, 5.41) is 18.8. The number of pyridine rings is 1. The van der Waals surface area contributed by atoms with E-state index < -0.39 is 17.2 Å². The Morgan fingerprint density at radius 1 is 1.27 bits per heavy atom. The van der Waals surface area contributed by atoms with Gasteiger partial charge in [-0.1, -0.05) is 23.7 Å². The third kappa shape index (κ3) is 4.32. The minimum absolute atomic E-state index is 0.00854. The number of hydrogen-bond donors (Lipinski definition) is 2. The molecule has 0 saturated carbocycles. The zero-order valence-electron chi connectivity index (χ0n) is 16.3. The number of aliphatic hydroxyl groups excluding tert-OH is 1. The van der Waals surface area contributed by atoms with Crippen LogP contribution in [0.5, 0.6) is 5.75 Å². The summed E-state index contributed by atoms with van der Waals surface area (Å²) in [5.74, 6) is -1.43. The summed E-state index contributed by atoms with van der Waals surface area (Å²) in [5.41, 5.74) is 0.354. The summed E-state index contributed by atoms with van der Waals surface area (Å²) in [6, 6.07) is 7.87. The number of halogens is 2. The molecule has 3 rings (SSSR count). The Bertz CT molecular complexity index is 1160. The number of aromatic carboxylic acids is 1. The summed E-state index contributed by atoms with van der Waals surface area (Å²) < 4.78 is 21.8. The van der Waals surface area contributed by atoms with E-state index in [0.717, 1.165) is 0 Å². The molecule has 0 atom stereocenters. The first-order valence-corrected chi connectivity index (χ1v) is 9.85. The number of fused-ring (bicyclic) bond motifs is 1. The lowest BCUT2D eigenvalue weighted by molar-refractivity contribution is 0.0695. The van der Waals surface area contributed by atoms with Crippen LogP contribution in [0.2, 0.25) is 5.02 Å². The van der Waals surface area contributed by atoms with Gasteiger partial charge in [0.15, 0.2) is 0 Å². The SMILES string of the molecule is CCOc1cc2c(cc1Cc1cccc(Cl)c1F)c(=O)c(C(=O)O)cn2CCCO. The molecule has 1 aromatic heterocycles. The van der Waals surface area contributed by atoms with E-state index in [1.165, 1.54) is 12.3 Å². The number of rotatable bonds is 8. The van der Waals surface area contributed by atoms with Crippen LogP contribution in [0.4, 0.5) is 4.39 Å². The van der Waals surface area contributed by atoms with Crippen molar-refractivity contribution >= 4 is 28.5 Å². The summed E-state index contributed by atoms with van der Waals surface area (Å²) >= 11 is 5.88. The minimum atomic E-state index is -1.34. The number of aromatic nitrogens is 1. The number of hydrogen-bond acceptors (Lipinski definition) is 4. The number of nitrogens with zero attached hydrogens (tertiary/aromatic N) is 1. The fraction of sp³-hybridized carbons (Fsp3) is 0.273. The Labute approximate surface area is 177 Å². The zero-order valence-corrected chi connectivity index (χ0v) is 17.1. The fourth-order valence-electron chi connectivity index (χ4n) is 3.36. The second kappa shape index (κ2) is 9.28. The summed E-state index contributed by atoms with van der Waals surface area (Å²) in [4.78, 5) is 24.4. The normalized spacial score (nSPS) is 11.1. The Balaban J connectivity index is 2.25. The molecule has 1 heterocycles. The number of aliphatic hydroxyl groups is 1. The van der Waals surface area contributed by atoms with Crippen LogP contribution in [0.25, 0.3) is 10.9 Å². The summed E-state index contributed by atoms with van der Waals surface area (Å²) in [6.45, 7) is 2.40. The monoisotopic (exact) mass is 433 g/mol. The Hall–Kier alpha value is -2.90. The van der Waals surface area contributed by atoms with E-state index in [-0.39, 0.29) is 29.0 Å². The van der Waals surface area contributed by atoms with Gasteiger partial charge in [0, 0.05) is 37.2 Å². The quantitative estimate of drug-likeness (QED) is 0.563. The van der Waals surface area contributed by atoms with E-state index >= 15 is 0 Å². The lowest BCUT2D eigenvalue weighted by Crippen LogP contribution is -2.19. The van der Waals surface area contributed by atoms with Crippen molar-refractivity contribution in [3.63, 3.8) is 0 Å². The molecule has 0 radical (unpaired) electrons. The molecule has 0 unspecified atom stereocenters. The van der Waals surface area contributed by atoms with Crippen LogP contribution < -0.4 is 10.2 Å². The first-order chi connectivity index (χ1) is 14.4. The van der Waals surface area contributed by atoms with Crippen molar-refractivity contribution in [2.24, 2.45) is 0 Å². The van der Waals surface area contributed by atoms with Crippen LogP contribution in [0.3, 0.4) is 0 Å². The van der Waals surface area contributed by atoms with Gasteiger partial charge < -0.3 is 19.5 Å². The van der Waals surface area contributed by atoms with E-state index in [4.69, 9.17) is 21.4 Å². The van der Waals surface area contributed by atoms with Crippen LogP contribution in [0, 0.1) is 5.82 Å². The Kier molecular flexibility index (Phi) is 6.74. The maximum Gasteiger partial charge on any atom is 0.341 e. The van der Waals surface area contributed by atoms with Gasteiger partial charge in [-0.05, 0) is 36.6 Å². The maximum absolute atomic E-state index is 14.4. The molecule has 0 spiro atoms. The van der Waals surface area contributed by atoms with Gasteiger partial charge in [0.05, 0.1) is 17.1 Å². The van der Waals surface area contributed by atoms with Crippen LogP contribution in [0.15, 0.2) is 41.3 Å². The molecule has 0 aliphatic heterocycles. The predicted octanol–water partition coefficient (Wildman–Crippen LogP) is 3.86. The van der Waals surface area contributed by atoms with Gasteiger partial charge in [-0.25, -0.2) is 9.18 Å². The van der Waals surface area contributed by atoms with Crippen LogP contribution in [-0.4, -0.2) is 34.0 Å². The second-order valence-electron chi connectivity index (χ2n) is 6.75. The van der Waals surface area contributed by atoms with Crippen molar-refractivity contribution in [3.8, 4) is 5.75 Å². The molecule has 6 nitrogen and oxygen atoms in total. The van der Waals surface area contributed by atoms with Gasteiger partial charge in [-0.15, -0.1) is 0 Å². The van der Waals surface area contributed by atoms with E-state index in [1.807, 2.05) is 0 Å². The van der Waals surface area contributed by atoms with Gasteiger partial charge in [-0.3, -0.25) is 4.79 Å². The zero-order chi connectivity index (χ0) is 21.8. The molecule has 3 aromatic rings. The second-order valence-corrected chi connectivity index (χ2v) is 7.15. The van der Waals surface area contributed by atoms with Gasteiger partial charge in [0.25, 0.3) is 0 Å². The minimum Gasteiger partial charge on any atom is -0.494 e. The maximum atomic E-state index is 14.4. The van der Waals surface area contributed by atoms with Crippen molar-refractivity contribution in [1.82, 2.24) is 4.57 Å². The molecule has 30 heavy (non-hydrogen) atoms. The van der Waals surface area contributed by atoms with Gasteiger partial charge >= 0.3 is 5.97 Å². The molecule has 158 valence electrons. The molecule has 8 heteroatoms. The van der Waals surface area contributed by atoms with Gasteiger partial charge in [-0.2, -0.15) is 0 Å². The molecule has 2 N–H and O–H groups in total. The highest BCUT2D eigenvalue weighted by Gasteiger charge is 2.18. The van der Waals surface area contributed by atoms with Crippen molar-refractivity contribution < 1.29 is 24.1 Å². The number of benzene rings is 2. The number of carbonyl (C=O) groups is 1. The number of aryl methyl sites for hydroxylation is 1. The van der Waals surface area contributed by atoms with Crippen molar-refractivity contribution in [1.29, 1.82) is 0 Å². The van der Waals surface area contributed by atoms with E-state index in [2.05, 4.69) is 0 Å². The van der Waals surface area contributed by atoms with Crippen molar-refractivity contribution in [2.45, 2.75) is 26.3 Å². The van der Waals surface area contributed by atoms with Crippen molar-refractivity contribution in [3.05, 3.63) is 74.3 Å². The molecule has 0 aliphatic carbocycles.